The van der Waals surface area contributed by atoms with Crippen LogP contribution in [0, 0.1) is 0 Å². The van der Waals surface area contributed by atoms with Gasteiger partial charge >= 0.3 is 6.09 Å². The molecular formula is C25H27ClFN5O3. The summed E-state index contributed by atoms with van der Waals surface area (Å²) < 4.78 is 19.7. The molecule has 1 spiro atoms. The molecule has 0 atom stereocenters. The molecule has 4 heterocycles. The Balaban J connectivity index is 1.49. The minimum absolute atomic E-state index is 0.00888. The predicted molar refractivity (Wildman–Crippen MR) is 130 cm³/mol. The van der Waals surface area contributed by atoms with Crippen molar-refractivity contribution >= 4 is 40.3 Å². The van der Waals surface area contributed by atoms with E-state index in [9.17, 15) is 14.0 Å². The van der Waals surface area contributed by atoms with E-state index < -0.39 is 5.41 Å². The van der Waals surface area contributed by atoms with E-state index in [1.807, 2.05) is 18.2 Å². The second-order valence-corrected chi connectivity index (χ2v) is 9.47. The van der Waals surface area contributed by atoms with E-state index in [4.69, 9.17) is 21.3 Å². The van der Waals surface area contributed by atoms with E-state index >= 15 is 0 Å². The van der Waals surface area contributed by atoms with E-state index in [2.05, 4.69) is 9.55 Å². The molecule has 5 rings (SSSR count). The third-order valence-corrected chi connectivity index (χ3v) is 7.40. The number of pyridine rings is 1. The first-order chi connectivity index (χ1) is 17.0. The Bertz CT molecular complexity index is 1270. The maximum atomic E-state index is 14.0. The number of hydrogen-bond acceptors (Lipinski definition) is 5. The number of aryl methyl sites for hydroxylation is 1. The van der Waals surface area contributed by atoms with Crippen LogP contribution in [0.5, 0.6) is 0 Å². The van der Waals surface area contributed by atoms with Crippen LogP contribution in [0.1, 0.15) is 37.1 Å². The standard InChI is InChI=1S/C25H27ClFN5O3/c1-35-24(34)30-12-7-25(8-13-30)18-6-10-28-15-21(18)32(23(25)33)16-22-29-19-14-17(26)4-5-20(19)31(22)11-3-2-9-27/h4-6,10,14-15H,2-3,7-9,11-13,16H2,1H3. The number of unbranched alkanes of at least 4 members (excludes halogenated alkanes) is 1. The summed E-state index contributed by atoms with van der Waals surface area (Å²) in [4.78, 5) is 38.5. The van der Waals surface area contributed by atoms with Crippen molar-refractivity contribution in [2.45, 2.75) is 44.2 Å². The third kappa shape index (κ3) is 4.01. The van der Waals surface area contributed by atoms with Gasteiger partial charge in [0.25, 0.3) is 0 Å². The van der Waals surface area contributed by atoms with Gasteiger partial charge in [-0.25, -0.2) is 9.78 Å². The number of rotatable bonds is 6. The molecule has 0 aliphatic carbocycles. The molecule has 184 valence electrons. The molecule has 1 saturated heterocycles. The van der Waals surface area contributed by atoms with E-state index in [0.29, 0.717) is 56.2 Å². The molecule has 35 heavy (non-hydrogen) atoms. The van der Waals surface area contributed by atoms with Crippen molar-refractivity contribution < 1.29 is 18.7 Å². The van der Waals surface area contributed by atoms with Gasteiger partial charge in [0, 0.05) is 30.9 Å². The molecule has 0 radical (unpaired) electrons. The Morgan fingerprint density at radius 1 is 1.23 bits per heavy atom. The molecule has 2 aliphatic rings. The number of ether oxygens (including phenoxy) is 1. The second-order valence-electron chi connectivity index (χ2n) is 9.03. The zero-order chi connectivity index (χ0) is 24.6. The van der Waals surface area contributed by atoms with Gasteiger partial charge in [0.15, 0.2) is 0 Å². The number of amides is 2. The Labute approximate surface area is 207 Å². The molecule has 0 saturated carbocycles. The molecule has 2 aromatic heterocycles. The number of imidazole rings is 1. The molecule has 1 aromatic carbocycles. The van der Waals surface area contributed by atoms with Crippen LogP contribution < -0.4 is 4.90 Å². The van der Waals surface area contributed by atoms with Gasteiger partial charge in [-0.05, 0) is 55.5 Å². The zero-order valence-electron chi connectivity index (χ0n) is 19.5. The lowest BCUT2D eigenvalue weighted by molar-refractivity contribution is -0.125. The van der Waals surface area contributed by atoms with Crippen molar-refractivity contribution in [2.75, 3.05) is 31.8 Å². The minimum Gasteiger partial charge on any atom is -0.453 e. The predicted octanol–water partition coefficient (Wildman–Crippen LogP) is 4.48. The molecule has 0 bridgehead atoms. The normalized spacial score (nSPS) is 16.8. The highest BCUT2D eigenvalue weighted by atomic mass is 35.5. The number of piperidine rings is 1. The SMILES string of the molecule is COC(=O)N1CCC2(CC1)C(=O)N(Cc1nc3cc(Cl)ccc3n1CCCCF)c1cnccc12. The van der Waals surface area contributed by atoms with Gasteiger partial charge in [-0.3, -0.25) is 14.2 Å². The number of benzene rings is 1. The fourth-order valence-electron chi connectivity index (χ4n) is 5.36. The second kappa shape index (κ2) is 9.45. The molecule has 2 amide bonds. The summed E-state index contributed by atoms with van der Waals surface area (Å²) in [6.07, 6.45) is 5.20. The number of anilines is 1. The van der Waals surface area contributed by atoms with Gasteiger partial charge in [0.2, 0.25) is 5.91 Å². The highest BCUT2D eigenvalue weighted by molar-refractivity contribution is 6.31. The number of fused-ring (bicyclic) bond motifs is 3. The topological polar surface area (TPSA) is 80.6 Å². The zero-order valence-corrected chi connectivity index (χ0v) is 20.3. The summed E-state index contributed by atoms with van der Waals surface area (Å²) in [5, 5.41) is 0.584. The van der Waals surface area contributed by atoms with E-state index in [1.54, 1.807) is 28.3 Å². The molecule has 2 aliphatic heterocycles. The van der Waals surface area contributed by atoms with E-state index in [-0.39, 0.29) is 25.2 Å². The highest BCUT2D eigenvalue weighted by Crippen LogP contribution is 2.48. The lowest BCUT2D eigenvalue weighted by atomic mass is 9.74. The van der Waals surface area contributed by atoms with Crippen LogP contribution in [-0.2, 0) is 28.0 Å². The summed E-state index contributed by atoms with van der Waals surface area (Å²) in [6.45, 7) is 1.37. The quantitative estimate of drug-likeness (QED) is 0.467. The summed E-state index contributed by atoms with van der Waals surface area (Å²) >= 11 is 6.20. The molecule has 0 N–H and O–H groups in total. The average Bonchev–Trinajstić information content (AvgIpc) is 3.32. The lowest BCUT2D eigenvalue weighted by Crippen LogP contribution is -2.50. The summed E-state index contributed by atoms with van der Waals surface area (Å²) in [5.41, 5.74) is 2.64. The number of hydrogen-bond donors (Lipinski definition) is 0. The Hall–Kier alpha value is -3.20. The Kier molecular flexibility index (Phi) is 6.35. The largest absolute Gasteiger partial charge is 0.453 e. The summed E-state index contributed by atoms with van der Waals surface area (Å²) in [7, 11) is 1.36. The highest BCUT2D eigenvalue weighted by Gasteiger charge is 2.52. The summed E-state index contributed by atoms with van der Waals surface area (Å²) in [5.74, 6) is 0.707. The number of carbonyl (C=O) groups excluding carboxylic acids is 2. The number of likely N-dealkylation sites (tertiary alicyclic amines) is 1. The fraction of sp³-hybridized carbons (Fsp3) is 0.440. The van der Waals surface area contributed by atoms with Crippen molar-refractivity contribution in [3.8, 4) is 0 Å². The number of alkyl halides is 1. The number of aromatic nitrogens is 3. The molecule has 3 aromatic rings. The van der Waals surface area contributed by atoms with Crippen LogP contribution in [0.25, 0.3) is 11.0 Å². The van der Waals surface area contributed by atoms with Crippen molar-refractivity contribution in [3.63, 3.8) is 0 Å². The van der Waals surface area contributed by atoms with Crippen LogP contribution >= 0.6 is 11.6 Å². The molecule has 1 fully saturated rings. The van der Waals surface area contributed by atoms with E-state index in [1.165, 1.54) is 7.11 Å². The van der Waals surface area contributed by atoms with Crippen molar-refractivity contribution in [3.05, 3.63) is 53.1 Å². The lowest BCUT2D eigenvalue weighted by Gasteiger charge is -2.37. The van der Waals surface area contributed by atoms with Gasteiger partial charge in [0.1, 0.15) is 5.82 Å². The first-order valence-electron chi connectivity index (χ1n) is 11.8. The average molecular weight is 500 g/mol. The van der Waals surface area contributed by atoms with Gasteiger partial charge in [-0.15, -0.1) is 0 Å². The third-order valence-electron chi connectivity index (χ3n) is 7.16. The van der Waals surface area contributed by atoms with Crippen molar-refractivity contribution in [2.24, 2.45) is 0 Å². The van der Waals surface area contributed by atoms with Gasteiger partial charge < -0.3 is 19.1 Å². The number of methoxy groups -OCH3 is 1. The van der Waals surface area contributed by atoms with Gasteiger partial charge in [-0.1, -0.05) is 11.6 Å². The van der Waals surface area contributed by atoms with Crippen LogP contribution in [0.15, 0.2) is 36.7 Å². The molecule has 10 heteroatoms. The monoisotopic (exact) mass is 499 g/mol. The Morgan fingerprint density at radius 3 is 2.77 bits per heavy atom. The maximum absolute atomic E-state index is 14.0. The van der Waals surface area contributed by atoms with Crippen molar-refractivity contribution in [1.82, 2.24) is 19.4 Å². The number of nitrogens with zero attached hydrogens (tertiary/aromatic N) is 5. The first-order valence-corrected chi connectivity index (χ1v) is 12.2. The van der Waals surface area contributed by atoms with Gasteiger partial charge in [0.05, 0.1) is 48.7 Å². The fourth-order valence-corrected chi connectivity index (χ4v) is 5.52. The minimum atomic E-state index is -0.711. The molecule has 0 unspecified atom stereocenters. The van der Waals surface area contributed by atoms with Gasteiger partial charge in [-0.2, -0.15) is 0 Å². The first kappa shape index (κ1) is 23.5. The molecular weight excluding hydrogens is 473 g/mol. The van der Waals surface area contributed by atoms with E-state index in [0.717, 1.165) is 22.3 Å². The number of halogens is 2. The smallest absolute Gasteiger partial charge is 0.409 e. The van der Waals surface area contributed by atoms with Crippen molar-refractivity contribution in [1.29, 1.82) is 0 Å². The molecule has 8 nitrogen and oxygen atoms in total. The van der Waals surface area contributed by atoms with Crippen LogP contribution in [0.4, 0.5) is 14.9 Å². The summed E-state index contributed by atoms with van der Waals surface area (Å²) in [6, 6.07) is 7.43. The number of carbonyl (C=O) groups is 2. The van der Waals surface area contributed by atoms with Crippen LogP contribution in [0.2, 0.25) is 5.02 Å². The van der Waals surface area contributed by atoms with Crippen LogP contribution in [0.3, 0.4) is 0 Å². The Morgan fingerprint density at radius 2 is 2.03 bits per heavy atom. The van der Waals surface area contributed by atoms with Crippen LogP contribution in [-0.4, -0.2) is 58.3 Å². The maximum Gasteiger partial charge on any atom is 0.409 e.